The Morgan fingerprint density at radius 2 is 2.14 bits per heavy atom. The summed E-state index contributed by atoms with van der Waals surface area (Å²) in [4.78, 5) is 13.7. The highest BCUT2D eigenvalue weighted by atomic mass is 16.3. The molecule has 2 atom stereocenters. The summed E-state index contributed by atoms with van der Waals surface area (Å²) in [6.07, 6.45) is 4.20. The smallest absolute Gasteiger partial charge is 0.223 e. The van der Waals surface area contributed by atoms with Gasteiger partial charge in [-0.15, -0.1) is 0 Å². The van der Waals surface area contributed by atoms with Crippen LogP contribution < -0.4 is 0 Å². The second kappa shape index (κ2) is 3.89. The molecule has 0 aromatic heterocycles. The maximum atomic E-state index is 11.8. The molecule has 1 aliphatic heterocycles. The zero-order chi connectivity index (χ0) is 10.1. The van der Waals surface area contributed by atoms with E-state index in [-0.39, 0.29) is 18.6 Å². The van der Waals surface area contributed by atoms with Crippen LogP contribution in [0.2, 0.25) is 0 Å². The van der Waals surface area contributed by atoms with Crippen LogP contribution in [0.15, 0.2) is 0 Å². The number of carbonyl (C=O) groups is 1. The fourth-order valence-electron chi connectivity index (χ4n) is 2.28. The molecular weight excluding hydrogens is 178 g/mol. The molecule has 2 aliphatic rings. The first-order valence-electron chi connectivity index (χ1n) is 5.62. The zero-order valence-electron chi connectivity index (χ0n) is 8.78. The maximum absolute atomic E-state index is 11.8. The minimum absolute atomic E-state index is 0.0845. The van der Waals surface area contributed by atoms with Crippen molar-refractivity contribution in [3.8, 4) is 0 Å². The van der Waals surface area contributed by atoms with Crippen LogP contribution in [0.4, 0.5) is 0 Å². The van der Waals surface area contributed by atoms with Crippen LogP contribution >= 0.6 is 0 Å². The highest BCUT2D eigenvalue weighted by Crippen LogP contribution is 2.34. The summed E-state index contributed by atoms with van der Waals surface area (Å²) in [6.45, 7) is 3.08. The summed E-state index contributed by atoms with van der Waals surface area (Å²) >= 11 is 0. The van der Waals surface area contributed by atoms with E-state index in [0.29, 0.717) is 18.3 Å². The van der Waals surface area contributed by atoms with Gasteiger partial charge in [-0.25, -0.2) is 0 Å². The molecule has 1 amide bonds. The first-order valence-corrected chi connectivity index (χ1v) is 5.62. The van der Waals surface area contributed by atoms with E-state index < -0.39 is 0 Å². The maximum Gasteiger partial charge on any atom is 0.223 e. The molecule has 2 fully saturated rings. The van der Waals surface area contributed by atoms with Gasteiger partial charge >= 0.3 is 0 Å². The Labute approximate surface area is 85.1 Å². The SMILES string of the molecule is CC1CCN(C(=O)CC2CC2)C1CO. The number of hydrogen-bond donors (Lipinski definition) is 1. The first kappa shape index (κ1) is 9.97. The fraction of sp³-hybridized carbons (Fsp3) is 0.909. The van der Waals surface area contributed by atoms with E-state index in [4.69, 9.17) is 0 Å². The van der Waals surface area contributed by atoms with Crippen molar-refractivity contribution in [1.82, 2.24) is 4.90 Å². The Bertz CT molecular complexity index is 225. The van der Waals surface area contributed by atoms with Crippen LogP contribution in [0.5, 0.6) is 0 Å². The van der Waals surface area contributed by atoms with Gasteiger partial charge in [-0.2, -0.15) is 0 Å². The third-order valence-corrected chi connectivity index (χ3v) is 3.55. The van der Waals surface area contributed by atoms with E-state index in [2.05, 4.69) is 6.92 Å². The quantitative estimate of drug-likeness (QED) is 0.733. The van der Waals surface area contributed by atoms with E-state index >= 15 is 0 Å². The lowest BCUT2D eigenvalue weighted by molar-refractivity contribution is -0.133. The molecule has 0 aromatic carbocycles. The number of hydrogen-bond acceptors (Lipinski definition) is 2. The highest BCUT2D eigenvalue weighted by molar-refractivity contribution is 5.77. The van der Waals surface area contributed by atoms with Crippen LogP contribution in [-0.2, 0) is 4.79 Å². The van der Waals surface area contributed by atoms with Gasteiger partial charge < -0.3 is 10.0 Å². The molecule has 2 unspecified atom stereocenters. The fourth-order valence-corrected chi connectivity index (χ4v) is 2.28. The van der Waals surface area contributed by atoms with Gasteiger partial charge in [-0.1, -0.05) is 6.92 Å². The predicted octanol–water partition coefficient (Wildman–Crippen LogP) is 1.02. The van der Waals surface area contributed by atoms with Crippen molar-refractivity contribution in [1.29, 1.82) is 0 Å². The summed E-state index contributed by atoms with van der Waals surface area (Å²) in [5, 5.41) is 9.21. The lowest BCUT2D eigenvalue weighted by Gasteiger charge is -2.25. The molecule has 2 rings (SSSR count). The average Bonchev–Trinajstić information content (AvgIpc) is 2.88. The van der Waals surface area contributed by atoms with Gasteiger partial charge in [0.15, 0.2) is 0 Å². The van der Waals surface area contributed by atoms with Crippen molar-refractivity contribution < 1.29 is 9.90 Å². The van der Waals surface area contributed by atoms with Crippen LogP contribution in [0, 0.1) is 11.8 Å². The number of carbonyl (C=O) groups excluding carboxylic acids is 1. The molecule has 1 saturated heterocycles. The summed E-state index contributed by atoms with van der Waals surface area (Å²) in [5.41, 5.74) is 0. The van der Waals surface area contributed by atoms with Crippen LogP contribution in [0.1, 0.15) is 32.6 Å². The van der Waals surface area contributed by atoms with Crippen LogP contribution in [-0.4, -0.2) is 35.1 Å². The molecule has 1 saturated carbocycles. The number of nitrogens with zero attached hydrogens (tertiary/aromatic N) is 1. The van der Waals surface area contributed by atoms with Gasteiger partial charge in [0.2, 0.25) is 5.91 Å². The molecule has 1 N–H and O–H groups in total. The molecule has 0 spiro atoms. The summed E-state index contributed by atoms with van der Waals surface area (Å²) < 4.78 is 0. The van der Waals surface area contributed by atoms with Crippen molar-refractivity contribution in [2.24, 2.45) is 11.8 Å². The van der Waals surface area contributed by atoms with E-state index in [9.17, 15) is 9.90 Å². The normalized spacial score (nSPS) is 32.3. The largest absolute Gasteiger partial charge is 0.394 e. The number of amides is 1. The van der Waals surface area contributed by atoms with E-state index in [0.717, 1.165) is 13.0 Å². The third kappa shape index (κ3) is 1.92. The summed E-state index contributed by atoms with van der Waals surface area (Å²) in [5.74, 6) is 1.37. The minimum Gasteiger partial charge on any atom is -0.394 e. The average molecular weight is 197 g/mol. The molecule has 14 heavy (non-hydrogen) atoms. The van der Waals surface area contributed by atoms with Crippen molar-refractivity contribution in [2.75, 3.05) is 13.2 Å². The molecule has 3 nitrogen and oxygen atoms in total. The van der Waals surface area contributed by atoms with E-state index in [1.54, 1.807) is 0 Å². The Morgan fingerprint density at radius 1 is 1.43 bits per heavy atom. The summed E-state index contributed by atoms with van der Waals surface area (Å²) in [6, 6.07) is 0.0845. The number of likely N-dealkylation sites (tertiary alicyclic amines) is 1. The Hall–Kier alpha value is -0.570. The van der Waals surface area contributed by atoms with Gasteiger partial charge in [0, 0.05) is 13.0 Å². The van der Waals surface area contributed by atoms with Gasteiger partial charge in [0.1, 0.15) is 0 Å². The van der Waals surface area contributed by atoms with Crippen molar-refractivity contribution in [3.63, 3.8) is 0 Å². The predicted molar refractivity (Wildman–Crippen MR) is 53.7 cm³/mol. The molecule has 0 radical (unpaired) electrons. The Morgan fingerprint density at radius 3 is 2.71 bits per heavy atom. The second-order valence-electron chi connectivity index (χ2n) is 4.75. The van der Waals surface area contributed by atoms with Crippen LogP contribution in [0.25, 0.3) is 0 Å². The monoisotopic (exact) mass is 197 g/mol. The van der Waals surface area contributed by atoms with Crippen LogP contribution in [0.3, 0.4) is 0 Å². The minimum atomic E-state index is 0.0845. The van der Waals surface area contributed by atoms with Gasteiger partial charge in [0.25, 0.3) is 0 Å². The van der Waals surface area contributed by atoms with Crippen molar-refractivity contribution >= 4 is 5.91 Å². The molecule has 1 heterocycles. The van der Waals surface area contributed by atoms with Gasteiger partial charge in [-0.05, 0) is 31.1 Å². The van der Waals surface area contributed by atoms with E-state index in [1.165, 1.54) is 12.8 Å². The van der Waals surface area contributed by atoms with Gasteiger partial charge in [0.05, 0.1) is 12.6 Å². The van der Waals surface area contributed by atoms with Crippen molar-refractivity contribution in [3.05, 3.63) is 0 Å². The third-order valence-electron chi connectivity index (χ3n) is 3.55. The molecule has 80 valence electrons. The second-order valence-corrected chi connectivity index (χ2v) is 4.75. The molecule has 0 bridgehead atoms. The summed E-state index contributed by atoms with van der Waals surface area (Å²) in [7, 11) is 0. The topological polar surface area (TPSA) is 40.5 Å². The lowest BCUT2D eigenvalue weighted by atomic mass is 10.0. The molecule has 1 aliphatic carbocycles. The Balaban J connectivity index is 1.91. The lowest BCUT2D eigenvalue weighted by Crippen LogP contribution is -2.39. The zero-order valence-corrected chi connectivity index (χ0v) is 8.78. The number of aliphatic hydroxyl groups is 1. The van der Waals surface area contributed by atoms with Gasteiger partial charge in [-0.3, -0.25) is 4.79 Å². The highest BCUT2D eigenvalue weighted by Gasteiger charge is 2.35. The number of rotatable bonds is 3. The molecular formula is C11H19NO2. The molecule has 0 aromatic rings. The standard InChI is InChI=1S/C11H19NO2/c1-8-4-5-12(10(8)7-13)11(14)6-9-2-3-9/h8-10,13H,2-7H2,1H3. The number of aliphatic hydroxyl groups excluding tert-OH is 1. The molecule has 3 heteroatoms. The van der Waals surface area contributed by atoms with Crippen molar-refractivity contribution in [2.45, 2.75) is 38.6 Å². The first-order chi connectivity index (χ1) is 6.72. The van der Waals surface area contributed by atoms with E-state index in [1.807, 2.05) is 4.90 Å². The Kier molecular flexibility index (Phi) is 2.77.